The average molecular weight is 217 g/mol. The second-order valence-electron chi connectivity index (χ2n) is 3.57. The van der Waals surface area contributed by atoms with E-state index in [0.717, 1.165) is 11.3 Å². The van der Waals surface area contributed by atoms with Crippen LogP contribution < -0.4 is 10.5 Å². The van der Waals surface area contributed by atoms with Crippen molar-refractivity contribution in [1.82, 2.24) is 0 Å². The van der Waals surface area contributed by atoms with Crippen molar-refractivity contribution in [2.45, 2.75) is 6.92 Å². The summed E-state index contributed by atoms with van der Waals surface area (Å²) in [4.78, 5) is 0. The van der Waals surface area contributed by atoms with Gasteiger partial charge in [0.15, 0.2) is 0 Å². The molecule has 2 nitrogen and oxygen atoms in total. The highest BCUT2D eigenvalue weighted by Crippen LogP contribution is 2.24. The Balaban J connectivity index is 2.20. The van der Waals surface area contributed by atoms with Crippen LogP contribution in [0.2, 0.25) is 0 Å². The molecule has 0 saturated heterocycles. The second kappa shape index (κ2) is 4.23. The number of ether oxygens (including phenoxy) is 1. The van der Waals surface area contributed by atoms with Crippen molar-refractivity contribution in [1.29, 1.82) is 0 Å². The highest BCUT2D eigenvalue weighted by Gasteiger charge is 2.00. The van der Waals surface area contributed by atoms with E-state index in [2.05, 4.69) is 0 Å². The first-order chi connectivity index (χ1) is 7.65. The molecule has 0 aliphatic heterocycles. The largest absolute Gasteiger partial charge is 0.457 e. The number of nitrogens with two attached hydrogens (primary N) is 1. The first-order valence-corrected chi connectivity index (χ1v) is 4.95. The molecule has 0 fully saturated rings. The number of halogens is 1. The zero-order valence-electron chi connectivity index (χ0n) is 8.91. The number of aryl methyl sites for hydroxylation is 1. The van der Waals surface area contributed by atoms with Gasteiger partial charge in [-0.3, -0.25) is 0 Å². The molecule has 0 saturated carbocycles. The summed E-state index contributed by atoms with van der Waals surface area (Å²) in [6.07, 6.45) is 0. The number of nitrogen functional groups attached to an aromatic ring is 1. The smallest absolute Gasteiger partial charge is 0.127 e. The first kappa shape index (κ1) is 10.5. The number of benzene rings is 2. The molecule has 0 spiro atoms. The predicted octanol–water partition coefficient (Wildman–Crippen LogP) is 3.51. The van der Waals surface area contributed by atoms with Crippen LogP contribution >= 0.6 is 0 Å². The summed E-state index contributed by atoms with van der Waals surface area (Å²) in [6, 6.07) is 11.3. The Morgan fingerprint density at radius 1 is 1.00 bits per heavy atom. The van der Waals surface area contributed by atoms with Crippen molar-refractivity contribution in [3.8, 4) is 11.5 Å². The van der Waals surface area contributed by atoms with Crippen molar-refractivity contribution in [2.24, 2.45) is 0 Å². The Morgan fingerprint density at radius 2 is 1.62 bits per heavy atom. The summed E-state index contributed by atoms with van der Waals surface area (Å²) >= 11 is 0. The predicted molar refractivity (Wildman–Crippen MR) is 62.1 cm³/mol. The summed E-state index contributed by atoms with van der Waals surface area (Å²) in [7, 11) is 0. The van der Waals surface area contributed by atoms with Gasteiger partial charge in [-0.2, -0.15) is 0 Å². The van der Waals surface area contributed by atoms with E-state index in [-0.39, 0.29) is 5.82 Å². The van der Waals surface area contributed by atoms with E-state index in [1.165, 1.54) is 12.1 Å². The van der Waals surface area contributed by atoms with Crippen molar-refractivity contribution < 1.29 is 9.13 Å². The number of rotatable bonds is 2. The maximum Gasteiger partial charge on any atom is 0.127 e. The van der Waals surface area contributed by atoms with Gasteiger partial charge in [-0.05, 0) is 55.0 Å². The Morgan fingerprint density at radius 3 is 2.25 bits per heavy atom. The first-order valence-electron chi connectivity index (χ1n) is 4.95. The standard InChI is InChI=1S/C13H12FNO/c1-9-8-12(6-7-13(9)15)16-11-4-2-10(14)3-5-11/h2-8H,15H2,1H3. The van der Waals surface area contributed by atoms with Crippen molar-refractivity contribution >= 4 is 5.69 Å². The van der Waals surface area contributed by atoms with E-state index < -0.39 is 0 Å². The molecule has 0 amide bonds. The number of anilines is 1. The van der Waals surface area contributed by atoms with E-state index >= 15 is 0 Å². The van der Waals surface area contributed by atoms with E-state index in [9.17, 15) is 4.39 Å². The van der Waals surface area contributed by atoms with Crippen molar-refractivity contribution in [3.05, 3.63) is 53.8 Å². The summed E-state index contributed by atoms with van der Waals surface area (Å²) in [5.74, 6) is 1.02. The lowest BCUT2D eigenvalue weighted by molar-refractivity contribution is 0.480. The average Bonchev–Trinajstić information content (AvgIpc) is 2.27. The minimum Gasteiger partial charge on any atom is -0.457 e. The molecule has 16 heavy (non-hydrogen) atoms. The third-order valence-corrected chi connectivity index (χ3v) is 2.29. The Kier molecular flexibility index (Phi) is 2.77. The summed E-state index contributed by atoms with van der Waals surface area (Å²) in [5.41, 5.74) is 7.38. The molecule has 3 heteroatoms. The van der Waals surface area contributed by atoms with E-state index in [1.54, 1.807) is 24.3 Å². The van der Waals surface area contributed by atoms with Crippen LogP contribution in [0.15, 0.2) is 42.5 Å². The highest BCUT2D eigenvalue weighted by atomic mass is 19.1. The van der Waals surface area contributed by atoms with Crippen molar-refractivity contribution in [3.63, 3.8) is 0 Å². The van der Waals surface area contributed by atoms with Gasteiger partial charge in [0.05, 0.1) is 0 Å². The quantitative estimate of drug-likeness (QED) is 0.781. The summed E-state index contributed by atoms with van der Waals surface area (Å²) < 4.78 is 18.2. The zero-order valence-corrected chi connectivity index (χ0v) is 8.91. The van der Waals surface area contributed by atoms with Crippen molar-refractivity contribution in [2.75, 3.05) is 5.73 Å². The summed E-state index contributed by atoms with van der Waals surface area (Å²) in [5, 5.41) is 0. The molecule has 2 N–H and O–H groups in total. The van der Waals surface area contributed by atoms with E-state index in [1.807, 2.05) is 13.0 Å². The SMILES string of the molecule is Cc1cc(Oc2ccc(F)cc2)ccc1N. The Labute approximate surface area is 93.5 Å². The van der Waals surface area contributed by atoms with Gasteiger partial charge in [0.2, 0.25) is 0 Å². The minimum absolute atomic E-state index is 0.277. The monoisotopic (exact) mass is 217 g/mol. The fourth-order valence-electron chi connectivity index (χ4n) is 1.35. The van der Waals surface area contributed by atoms with Crippen LogP contribution in [-0.4, -0.2) is 0 Å². The number of hydrogen-bond acceptors (Lipinski definition) is 2. The van der Waals surface area contributed by atoms with Crippen LogP contribution in [0.1, 0.15) is 5.56 Å². The number of hydrogen-bond donors (Lipinski definition) is 1. The van der Waals surface area contributed by atoms with Crippen LogP contribution in [0.25, 0.3) is 0 Å². The molecule has 82 valence electrons. The molecule has 2 rings (SSSR count). The lowest BCUT2D eigenvalue weighted by Gasteiger charge is -2.07. The Hall–Kier alpha value is -2.03. The van der Waals surface area contributed by atoms with Crippen LogP contribution in [0.5, 0.6) is 11.5 Å². The molecule has 0 atom stereocenters. The van der Waals surface area contributed by atoms with Gasteiger partial charge in [0.1, 0.15) is 17.3 Å². The minimum atomic E-state index is -0.277. The fraction of sp³-hybridized carbons (Fsp3) is 0.0769. The summed E-state index contributed by atoms with van der Waals surface area (Å²) in [6.45, 7) is 1.91. The van der Waals surface area contributed by atoms with Gasteiger partial charge in [-0.1, -0.05) is 0 Å². The lowest BCUT2D eigenvalue weighted by Crippen LogP contribution is -1.90. The maximum absolute atomic E-state index is 12.7. The zero-order chi connectivity index (χ0) is 11.5. The van der Waals surface area contributed by atoms with Gasteiger partial charge in [-0.25, -0.2) is 4.39 Å². The Bertz CT molecular complexity index is 494. The molecule has 0 unspecified atom stereocenters. The molecule has 0 heterocycles. The third-order valence-electron chi connectivity index (χ3n) is 2.29. The van der Waals surface area contributed by atoms with Gasteiger partial charge >= 0.3 is 0 Å². The normalized spacial score (nSPS) is 10.1. The van der Waals surface area contributed by atoms with Gasteiger partial charge in [0.25, 0.3) is 0 Å². The van der Waals surface area contributed by atoms with Gasteiger partial charge in [-0.15, -0.1) is 0 Å². The molecule has 0 aromatic heterocycles. The lowest BCUT2D eigenvalue weighted by atomic mass is 10.2. The molecule has 0 aliphatic rings. The van der Waals surface area contributed by atoms with Gasteiger partial charge in [0, 0.05) is 5.69 Å². The van der Waals surface area contributed by atoms with Gasteiger partial charge < -0.3 is 10.5 Å². The van der Waals surface area contributed by atoms with Crippen LogP contribution in [-0.2, 0) is 0 Å². The van der Waals surface area contributed by atoms with E-state index in [0.29, 0.717) is 11.5 Å². The molecule has 2 aromatic carbocycles. The van der Waals surface area contributed by atoms with E-state index in [4.69, 9.17) is 10.5 Å². The third kappa shape index (κ3) is 2.31. The molecule has 0 radical (unpaired) electrons. The van der Waals surface area contributed by atoms with Crippen LogP contribution in [0.4, 0.5) is 10.1 Å². The topological polar surface area (TPSA) is 35.2 Å². The highest BCUT2D eigenvalue weighted by molar-refractivity contribution is 5.50. The fourth-order valence-corrected chi connectivity index (χ4v) is 1.35. The van der Waals surface area contributed by atoms with Crippen LogP contribution in [0.3, 0.4) is 0 Å². The molecular formula is C13H12FNO. The molecular weight excluding hydrogens is 205 g/mol. The second-order valence-corrected chi connectivity index (χ2v) is 3.57. The molecule has 2 aromatic rings. The molecule has 0 bridgehead atoms. The van der Waals surface area contributed by atoms with Crippen LogP contribution in [0, 0.1) is 12.7 Å². The maximum atomic E-state index is 12.7. The molecule has 0 aliphatic carbocycles.